The summed E-state index contributed by atoms with van der Waals surface area (Å²) in [6, 6.07) is 0.649. The molecule has 0 N–H and O–H groups in total. The van der Waals surface area contributed by atoms with Crippen LogP contribution < -0.4 is 0 Å². The van der Waals surface area contributed by atoms with Crippen LogP contribution in [0.2, 0.25) is 0 Å². The van der Waals surface area contributed by atoms with Crippen LogP contribution in [0.3, 0.4) is 0 Å². The lowest BCUT2D eigenvalue weighted by Gasteiger charge is -2.34. The van der Waals surface area contributed by atoms with Crippen LogP contribution in [-0.4, -0.2) is 98.1 Å². The van der Waals surface area contributed by atoms with Gasteiger partial charge >= 0.3 is 0 Å². The molecule has 132 valence electrons. The lowest BCUT2D eigenvalue weighted by atomic mass is 10.2. The van der Waals surface area contributed by atoms with E-state index in [0.29, 0.717) is 6.04 Å². The van der Waals surface area contributed by atoms with Crippen molar-refractivity contribution < 1.29 is 0 Å². The predicted octanol–water partition coefficient (Wildman–Crippen LogP) is 2.07. The van der Waals surface area contributed by atoms with Crippen molar-refractivity contribution in [1.29, 1.82) is 0 Å². The summed E-state index contributed by atoms with van der Waals surface area (Å²) in [5.41, 5.74) is 0. The van der Waals surface area contributed by atoms with E-state index in [1.807, 2.05) is 0 Å². The molecule has 0 aromatic rings. The SMILES string of the molecule is CCCN1CCN(C)CCN(C(C)C)CCN(CCC)CC1. The van der Waals surface area contributed by atoms with Crippen molar-refractivity contribution in [2.24, 2.45) is 0 Å². The molecule has 4 heteroatoms. The van der Waals surface area contributed by atoms with Crippen LogP contribution >= 0.6 is 0 Å². The Morgan fingerprint density at radius 1 is 0.682 bits per heavy atom. The van der Waals surface area contributed by atoms with E-state index < -0.39 is 0 Å². The van der Waals surface area contributed by atoms with Gasteiger partial charge in [-0.25, -0.2) is 0 Å². The van der Waals surface area contributed by atoms with Crippen molar-refractivity contribution in [3.63, 3.8) is 0 Å². The van der Waals surface area contributed by atoms with E-state index in [1.54, 1.807) is 0 Å². The summed E-state index contributed by atoms with van der Waals surface area (Å²) in [4.78, 5) is 10.5. The minimum Gasteiger partial charge on any atom is -0.304 e. The summed E-state index contributed by atoms with van der Waals surface area (Å²) in [7, 11) is 2.28. The molecular formula is C18H40N4. The standard InChI is InChI=1S/C18H40N4/c1-6-8-20-12-10-19(5)11-16-22(18(3)4)17-15-21(9-7-2)14-13-20/h18H,6-17H2,1-5H3. The Labute approximate surface area is 139 Å². The Balaban J connectivity index is 2.64. The highest BCUT2D eigenvalue weighted by molar-refractivity contribution is 4.72. The minimum absolute atomic E-state index is 0.649. The highest BCUT2D eigenvalue weighted by atomic mass is 15.3. The Morgan fingerprint density at radius 2 is 1.09 bits per heavy atom. The number of nitrogens with zero attached hydrogens (tertiary/aromatic N) is 4. The van der Waals surface area contributed by atoms with Gasteiger partial charge in [0, 0.05) is 58.4 Å². The maximum absolute atomic E-state index is 2.67. The fourth-order valence-electron chi connectivity index (χ4n) is 3.21. The van der Waals surface area contributed by atoms with E-state index in [-0.39, 0.29) is 0 Å². The van der Waals surface area contributed by atoms with Crippen molar-refractivity contribution in [3.8, 4) is 0 Å². The third-order valence-corrected chi connectivity index (χ3v) is 4.81. The molecule has 1 saturated heterocycles. The lowest BCUT2D eigenvalue weighted by molar-refractivity contribution is 0.128. The van der Waals surface area contributed by atoms with Crippen LogP contribution in [-0.2, 0) is 0 Å². The first-order valence-electron chi connectivity index (χ1n) is 9.44. The molecule has 0 aromatic heterocycles. The maximum atomic E-state index is 2.67. The molecule has 0 saturated carbocycles. The Hall–Kier alpha value is -0.160. The summed E-state index contributed by atoms with van der Waals surface area (Å²) >= 11 is 0. The molecule has 0 amide bonds. The Kier molecular flexibility index (Phi) is 10.3. The van der Waals surface area contributed by atoms with Crippen LogP contribution in [0.5, 0.6) is 0 Å². The largest absolute Gasteiger partial charge is 0.304 e. The highest BCUT2D eigenvalue weighted by Gasteiger charge is 2.15. The third kappa shape index (κ3) is 7.91. The van der Waals surface area contributed by atoms with Gasteiger partial charge < -0.3 is 14.7 Å². The highest BCUT2D eigenvalue weighted by Crippen LogP contribution is 2.03. The molecule has 22 heavy (non-hydrogen) atoms. The first kappa shape index (κ1) is 19.9. The van der Waals surface area contributed by atoms with Crippen molar-refractivity contribution >= 4 is 0 Å². The molecule has 1 heterocycles. The lowest BCUT2D eigenvalue weighted by Crippen LogP contribution is -2.46. The molecular weight excluding hydrogens is 272 g/mol. The molecule has 0 aliphatic carbocycles. The zero-order valence-electron chi connectivity index (χ0n) is 15.9. The van der Waals surface area contributed by atoms with Crippen LogP contribution in [0, 0.1) is 0 Å². The fourth-order valence-corrected chi connectivity index (χ4v) is 3.21. The maximum Gasteiger partial charge on any atom is 0.0113 e. The molecule has 1 aliphatic rings. The first-order chi connectivity index (χ1) is 10.6. The molecule has 0 radical (unpaired) electrons. The summed E-state index contributed by atoms with van der Waals surface area (Å²) in [6.45, 7) is 21.4. The van der Waals surface area contributed by atoms with E-state index in [0.717, 1.165) is 0 Å². The molecule has 0 bridgehead atoms. The number of rotatable bonds is 5. The second-order valence-electron chi connectivity index (χ2n) is 7.12. The third-order valence-electron chi connectivity index (χ3n) is 4.81. The van der Waals surface area contributed by atoms with Crippen molar-refractivity contribution in [2.75, 3.05) is 72.5 Å². The Bertz CT molecular complexity index is 270. The summed E-state index contributed by atoms with van der Waals surface area (Å²) < 4.78 is 0. The molecule has 0 spiro atoms. The minimum atomic E-state index is 0.649. The van der Waals surface area contributed by atoms with Gasteiger partial charge in [-0.15, -0.1) is 0 Å². The van der Waals surface area contributed by atoms with Gasteiger partial charge in [0.2, 0.25) is 0 Å². The average molecular weight is 313 g/mol. The zero-order chi connectivity index (χ0) is 16.4. The van der Waals surface area contributed by atoms with E-state index in [4.69, 9.17) is 0 Å². The predicted molar refractivity (Wildman–Crippen MR) is 97.7 cm³/mol. The van der Waals surface area contributed by atoms with E-state index in [2.05, 4.69) is 54.3 Å². The molecule has 4 nitrogen and oxygen atoms in total. The molecule has 0 aromatic carbocycles. The van der Waals surface area contributed by atoms with Gasteiger partial charge in [0.25, 0.3) is 0 Å². The molecule has 1 aliphatic heterocycles. The zero-order valence-corrected chi connectivity index (χ0v) is 15.9. The van der Waals surface area contributed by atoms with Crippen LogP contribution in [0.15, 0.2) is 0 Å². The topological polar surface area (TPSA) is 13.0 Å². The summed E-state index contributed by atoms with van der Waals surface area (Å²) in [5, 5.41) is 0. The van der Waals surface area contributed by atoms with Gasteiger partial charge in [-0.3, -0.25) is 4.90 Å². The monoisotopic (exact) mass is 312 g/mol. The van der Waals surface area contributed by atoms with Gasteiger partial charge in [0.05, 0.1) is 0 Å². The smallest absolute Gasteiger partial charge is 0.0113 e. The van der Waals surface area contributed by atoms with Gasteiger partial charge in [0.1, 0.15) is 0 Å². The molecule has 1 rings (SSSR count). The van der Waals surface area contributed by atoms with Gasteiger partial charge in [-0.05, 0) is 46.8 Å². The summed E-state index contributed by atoms with van der Waals surface area (Å²) in [6.07, 6.45) is 2.52. The van der Waals surface area contributed by atoms with Gasteiger partial charge in [-0.1, -0.05) is 13.8 Å². The van der Waals surface area contributed by atoms with E-state index in [9.17, 15) is 0 Å². The normalized spacial score (nSPS) is 22.6. The van der Waals surface area contributed by atoms with Crippen molar-refractivity contribution in [2.45, 2.75) is 46.6 Å². The number of likely N-dealkylation sites (N-methyl/N-ethyl adjacent to an activating group) is 1. The van der Waals surface area contributed by atoms with Crippen LogP contribution in [0.4, 0.5) is 0 Å². The fraction of sp³-hybridized carbons (Fsp3) is 1.00. The van der Waals surface area contributed by atoms with E-state index >= 15 is 0 Å². The molecule has 0 unspecified atom stereocenters. The van der Waals surface area contributed by atoms with Gasteiger partial charge in [0.15, 0.2) is 0 Å². The van der Waals surface area contributed by atoms with Crippen molar-refractivity contribution in [1.82, 2.24) is 19.6 Å². The Morgan fingerprint density at radius 3 is 1.59 bits per heavy atom. The molecule has 0 atom stereocenters. The van der Waals surface area contributed by atoms with Crippen molar-refractivity contribution in [3.05, 3.63) is 0 Å². The second-order valence-corrected chi connectivity index (χ2v) is 7.12. The van der Waals surface area contributed by atoms with Crippen LogP contribution in [0.25, 0.3) is 0 Å². The van der Waals surface area contributed by atoms with Gasteiger partial charge in [-0.2, -0.15) is 0 Å². The number of hydrogen-bond donors (Lipinski definition) is 0. The number of hydrogen-bond acceptors (Lipinski definition) is 4. The molecule has 1 fully saturated rings. The quantitative estimate of drug-likeness (QED) is 0.770. The van der Waals surface area contributed by atoms with E-state index in [1.165, 1.54) is 78.3 Å². The average Bonchev–Trinajstić information content (AvgIpc) is 2.47. The second kappa shape index (κ2) is 11.4. The summed E-state index contributed by atoms with van der Waals surface area (Å²) in [5.74, 6) is 0. The first-order valence-corrected chi connectivity index (χ1v) is 9.44. The van der Waals surface area contributed by atoms with Crippen LogP contribution in [0.1, 0.15) is 40.5 Å².